The van der Waals surface area contributed by atoms with Gasteiger partial charge >= 0.3 is 0 Å². The first-order valence-corrected chi connectivity index (χ1v) is 9.58. The normalized spacial score (nSPS) is 40.3. The van der Waals surface area contributed by atoms with E-state index in [0.717, 1.165) is 44.1 Å². The number of hydrogen-bond donors (Lipinski definition) is 1. The van der Waals surface area contributed by atoms with Crippen molar-refractivity contribution in [2.75, 3.05) is 6.54 Å². The number of halogens is 1. The molecule has 1 amide bonds. The lowest BCUT2D eigenvalue weighted by atomic mass is 9.67. The van der Waals surface area contributed by atoms with Gasteiger partial charge in [-0.2, -0.15) is 0 Å². The molecule has 21 heavy (non-hydrogen) atoms. The van der Waals surface area contributed by atoms with E-state index in [9.17, 15) is 4.79 Å². The van der Waals surface area contributed by atoms with Crippen LogP contribution in [0.5, 0.6) is 0 Å². The number of amides is 1. The quantitative estimate of drug-likeness (QED) is 0.764. The average molecular weight is 312 g/mol. The summed E-state index contributed by atoms with van der Waals surface area (Å²) in [7, 11) is 0. The van der Waals surface area contributed by atoms with Crippen molar-refractivity contribution in [3.63, 3.8) is 0 Å². The maximum Gasteiger partial charge on any atom is 0.223 e. The standard InChI is InChI=1S/C18H30ClNO/c19-17-9-5-13(6-10-17)12-20-18(21)16-8-7-14-3-1-2-4-15(14)11-16/h13-17H,1-12H2,(H,20,21). The third-order valence-corrected chi connectivity index (χ3v) is 6.69. The topological polar surface area (TPSA) is 29.1 Å². The van der Waals surface area contributed by atoms with E-state index in [-0.39, 0.29) is 0 Å². The summed E-state index contributed by atoms with van der Waals surface area (Å²) in [5.74, 6) is 3.08. The van der Waals surface area contributed by atoms with Crippen molar-refractivity contribution >= 4 is 17.5 Å². The largest absolute Gasteiger partial charge is 0.356 e. The molecule has 3 aliphatic carbocycles. The highest BCUT2D eigenvalue weighted by molar-refractivity contribution is 6.20. The molecule has 3 saturated carbocycles. The van der Waals surface area contributed by atoms with Crippen LogP contribution in [0.2, 0.25) is 0 Å². The molecule has 0 aliphatic heterocycles. The third kappa shape index (κ3) is 4.15. The second kappa shape index (κ2) is 7.35. The summed E-state index contributed by atoms with van der Waals surface area (Å²) >= 11 is 6.14. The van der Waals surface area contributed by atoms with Crippen molar-refractivity contribution in [3.05, 3.63) is 0 Å². The Labute approximate surface area is 134 Å². The van der Waals surface area contributed by atoms with Crippen LogP contribution in [0.3, 0.4) is 0 Å². The van der Waals surface area contributed by atoms with Crippen LogP contribution in [0.1, 0.15) is 70.6 Å². The Morgan fingerprint density at radius 2 is 1.62 bits per heavy atom. The molecular weight excluding hydrogens is 282 g/mol. The number of nitrogens with one attached hydrogen (secondary N) is 1. The number of rotatable bonds is 3. The lowest BCUT2D eigenvalue weighted by Gasteiger charge is -2.39. The Morgan fingerprint density at radius 1 is 0.905 bits per heavy atom. The Balaban J connectivity index is 1.41. The van der Waals surface area contributed by atoms with Gasteiger partial charge < -0.3 is 5.32 Å². The predicted octanol–water partition coefficient (Wildman–Crippen LogP) is 4.51. The molecule has 0 saturated heterocycles. The average Bonchev–Trinajstić information content (AvgIpc) is 2.53. The van der Waals surface area contributed by atoms with Crippen LogP contribution in [0, 0.1) is 23.7 Å². The Bertz CT molecular complexity index is 351. The molecule has 3 heteroatoms. The molecule has 0 spiro atoms. The fourth-order valence-electron chi connectivity index (χ4n) is 4.83. The molecule has 0 aromatic carbocycles. The predicted molar refractivity (Wildman–Crippen MR) is 87.4 cm³/mol. The van der Waals surface area contributed by atoms with Gasteiger partial charge in [-0.05, 0) is 62.7 Å². The zero-order valence-corrected chi connectivity index (χ0v) is 13.9. The first kappa shape index (κ1) is 15.6. The van der Waals surface area contributed by atoms with Gasteiger partial charge in [-0.25, -0.2) is 0 Å². The van der Waals surface area contributed by atoms with Gasteiger partial charge in [0.05, 0.1) is 0 Å². The summed E-state index contributed by atoms with van der Waals surface area (Å²) in [5.41, 5.74) is 0. The summed E-state index contributed by atoms with van der Waals surface area (Å²) in [6.07, 6.45) is 13.8. The lowest BCUT2D eigenvalue weighted by Crippen LogP contribution is -2.39. The Hall–Kier alpha value is -0.240. The van der Waals surface area contributed by atoms with E-state index in [1.165, 1.54) is 44.9 Å². The van der Waals surface area contributed by atoms with Crippen LogP contribution in [-0.4, -0.2) is 17.8 Å². The summed E-state index contributed by atoms with van der Waals surface area (Å²) in [6.45, 7) is 0.882. The number of hydrogen-bond acceptors (Lipinski definition) is 1. The van der Waals surface area contributed by atoms with Crippen molar-refractivity contribution in [1.29, 1.82) is 0 Å². The second-order valence-electron chi connectivity index (χ2n) is 7.68. The zero-order chi connectivity index (χ0) is 14.7. The highest BCUT2D eigenvalue weighted by Crippen LogP contribution is 2.42. The molecular formula is C18H30ClNO. The molecule has 0 aromatic heterocycles. The molecule has 120 valence electrons. The van der Waals surface area contributed by atoms with Gasteiger partial charge in [-0.15, -0.1) is 11.6 Å². The van der Waals surface area contributed by atoms with Crippen LogP contribution in [0.25, 0.3) is 0 Å². The minimum Gasteiger partial charge on any atom is -0.356 e. The molecule has 3 unspecified atom stereocenters. The highest BCUT2D eigenvalue weighted by Gasteiger charge is 2.35. The minimum atomic E-state index is 0.300. The summed E-state index contributed by atoms with van der Waals surface area (Å²) in [4.78, 5) is 12.4. The number of carbonyl (C=O) groups excluding carboxylic acids is 1. The maximum absolute atomic E-state index is 12.4. The van der Waals surface area contributed by atoms with Crippen molar-refractivity contribution in [2.24, 2.45) is 23.7 Å². The molecule has 3 atom stereocenters. The molecule has 1 N–H and O–H groups in total. The number of fused-ring (bicyclic) bond motifs is 1. The molecule has 0 aromatic rings. The van der Waals surface area contributed by atoms with Crippen LogP contribution in [0.4, 0.5) is 0 Å². The Morgan fingerprint density at radius 3 is 2.38 bits per heavy atom. The molecule has 0 heterocycles. The van der Waals surface area contributed by atoms with E-state index < -0.39 is 0 Å². The van der Waals surface area contributed by atoms with E-state index in [2.05, 4.69) is 5.32 Å². The molecule has 3 aliphatic rings. The zero-order valence-electron chi connectivity index (χ0n) is 13.2. The van der Waals surface area contributed by atoms with Gasteiger partial charge in [0, 0.05) is 17.8 Å². The fraction of sp³-hybridized carbons (Fsp3) is 0.944. The second-order valence-corrected chi connectivity index (χ2v) is 8.29. The first-order valence-electron chi connectivity index (χ1n) is 9.14. The molecule has 2 nitrogen and oxygen atoms in total. The summed E-state index contributed by atoms with van der Waals surface area (Å²) < 4.78 is 0. The van der Waals surface area contributed by atoms with Gasteiger partial charge in [0.2, 0.25) is 5.91 Å². The van der Waals surface area contributed by atoms with Crippen LogP contribution in [-0.2, 0) is 4.79 Å². The van der Waals surface area contributed by atoms with Crippen LogP contribution < -0.4 is 5.32 Å². The van der Waals surface area contributed by atoms with E-state index in [4.69, 9.17) is 11.6 Å². The SMILES string of the molecule is O=C(NCC1CCC(Cl)CC1)C1CCC2CCCCC2C1. The van der Waals surface area contributed by atoms with E-state index >= 15 is 0 Å². The van der Waals surface area contributed by atoms with Crippen molar-refractivity contribution in [2.45, 2.75) is 76.0 Å². The van der Waals surface area contributed by atoms with Crippen LogP contribution in [0.15, 0.2) is 0 Å². The van der Waals surface area contributed by atoms with Crippen LogP contribution >= 0.6 is 11.6 Å². The van der Waals surface area contributed by atoms with Crippen molar-refractivity contribution in [3.8, 4) is 0 Å². The Kier molecular flexibility index (Phi) is 5.48. The van der Waals surface area contributed by atoms with Gasteiger partial charge in [-0.1, -0.05) is 25.7 Å². The van der Waals surface area contributed by atoms with Gasteiger partial charge in [0.15, 0.2) is 0 Å². The monoisotopic (exact) mass is 311 g/mol. The minimum absolute atomic E-state index is 0.300. The van der Waals surface area contributed by atoms with Crippen molar-refractivity contribution in [1.82, 2.24) is 5.32 Å². The molecule has 0 radical (unpaired) electrons. The molecule has 3 rings (SSSR count). The molecule has 0 bridgehead atoms. The van der Waals surface area contributed by atoms with Gasteiger partial charge in [0.1, 0.15) is 0 Å². The highest BCUT2D eigenvalue weighted by atomic mass is 35.5. The fourth-order valence-corrected chi connectivity index (χ4v) is 5.08. The van der Waals surface area contributed by atoms with Gasteiger partial charge in [0.25, 0.3) is 0 Å². The maximum atomic E-state index is 12.4. The third-order valence-electron chi connectivity index (χ3n) is 6.25. The summed E-state index contributed by atoms with van der Waals surface area (Å²) in [5, 5.41) is 3.62. The van der Waals surface area contributed by atoms with Gasteiger partial charge in [-0.3, -0.25) is 4.79 Å². The lowest BCUT2D eigenvalue weighted by molar-refractivity contribution is -0.127. The smallest absolute Gasteiger partial charge is 0.223 e. The summed E-state index contributed by atoms with van der Waals surface area (Å²) in [6, 6.07) is 0. The molecule has 3 fully saturated rings. The van der Waals surface area contributed by atoms with Crippen molar-refractivity contribution < 1.29 is 4.79 Å². The number of alkyl halides is 1. The first-order chi connectivity index (χ1) is 10.2. The van der Waals surface area contributed by atoms with E-state index in [1.54, 1.807) is 0 Å². The van der Waals surface area contributed by atoms with E-state index in [0.29, 0.717) is 23.1 Å². The van der Waals surface area contributed by atoms with E-state index in [1.807, 2.05) is 0 Å². The number of carbonyl (C=O) groups is 1.